The van der Waals surface area contributed by atoms with Crippen LogP contribution in [-0.2, 0) is 6.54 Å². The first-order valence-electron chi connectivity index (χ1n) is 8.88. The molecule has 30 heavy (non-hydrogen) atoms. The van der Waals surface area contributed by atoms with Gasteiger partial charge in [0.1, 0.15) is 5.69 Å². The van der Waals surface area contributed by atoms with E-state index in [1.165, 1.54) is 10.9 Å². The minimum Gasteiger partial charge on any atom is -0.378 e. The van der Waals surface area contributed by atoms with Crippen molar-refractivity contribution >= 4 is 41.9 Å². The van der Waals surface area contributed by atoms with Crippen molar-refractivity contribution in [2.75, 3.05) is 18.8 Å². The van der Waals surface area contributed by atoms with Gasteiger partial charge in [0.15, 0.2) is 5.69 Å². The Kier molecular flexibility index (Phi) is 8.27. The zero-order chi connectivity index (χ0) is 20.8. The fraction of sp³-hybridized carbons (Fsp3) is 0.294. The fourth-order valence-corrected chi connectivity index (χ4v) is 2.77. The largest absolute Gasteiger partial charge is 0.378 e. The minimum absolute atomic E-state index is 0. The lowest BCUT2D eigenvalue weighted by molar-refractivity contribution is 0.0945. The number of nitrogen functional groups attached to an aromatic ring is 1. The number of hydrazone groups is 1. The maximum Gasteiger partial charge on any atom is 0.292 e. The highest BCUT2D eigenvalue weighted by Crippen LogP contribution is 2.17. The number of hydrogen-bond donors (Lipinski definition) is 2. The summed E-state index contributed by atoms with van der Waals surface area (Å²) >= 11 is 6.09. The molecular formula is C17H21Cl2N9O2. The predicted octanol–water partition coefficient (Wildman–Crippen LogP) is 1.91. The second kappa shape index (κ2) is 10.7. The van der Waals surface area contributed by atoms with Crippen LogP contribution in [-0.4, -0.2) is 55.4 Å². The molecule has 160 valence electrons. The van der Waals surface area contributed by atoms with E-state index in [2.05, 4.69) is 40.7 Å². The van der Waals surface area contributed by atoms with Crippen LogP contribution in [0.1, 0.15) is 35.6 Å². The van der Waals surface area contributed by atoms with E-state index in [1.807, 2.05) is 19.9 Å². The molecule has 1 amide bonds. The molecule has 0 bridgehead atoms. The van der Waals surface area contributed by atoms with Crippen LogP contribution in [0.5, 0.6) is 0 Å². The SMILES string of the molecule is CCN(CC)Cc1nnn(-c2nonc2N)c1C(=O)N/N=C/c1ccccc1Cl.Cl. The van der Waals surface area contributed by atoms with Crippen molar-refractivity contribution in [3.05, 3.63) is 46.2 Å². The van der Waals surface area contributed by atoms with E-state index in [0.29, 0.717) is 22.8 Å². The molecule has 0 saturated heterocycles. The molecule has 0 aliphatic rings. The van der Waals surface area contributed by atoms with Crippen LogP contribution in [0.25, 0.3) is 5.82 Å². The normalized spacial score (nSPS) is 11.1. The van der Waals surface area contributed by atoms with Gasteiger partial charge in [0.25, 0.3) is 5.91 Å². The standard InChI is InChI=1S/C17H20ClN9O2.ClH/c1-3-26(4-2)10-13-14(27(25-21-13)16-15(19)23-29-24-16)17(28)22-20-9-11-7-5-6-8-12(11)18;/h5-9H,3-4,10H2,1-2H3,(H2,19,23)(H,22,28);1H/b20-9+;. The Labute approximate surface area is 183 Å². The van der Waals surface area contributed by atoms with Gasteiger partial charge in [0.05, 0.1) is 6.21 Å². The van der Waals surface area contributed by atoms with Crippen LogP contribution in [0, 0.1) is 0 Å². The number of amides is 1. The smallest absolute Gasteiger partial charge is 0.292 e. The molecule has 3 rings (SSSR count). The van der Waals surface area contributed by atoms with Crippen LogP contribution >= 0.6 is 24.0 Å². The number of aromatic nitrogens is 5. The quantitative estimate of drug-likeness (QED) is 0.389. The summed E-state index contributed by atoms with van der Waals surface area (Å²) in [5.41, 5.74) is 9.46. The topological polar surface area (TPSA) is 140 Å². The van der Waals surface area contributed by atoms with Gasteiger partial charge in [-0.2, -0.15) is 9.78 Å². The Morgan fingerprint density at radius 3 is 2.70 bits per heavy atom. The molecule has 0 saturated carbocycles. The summed E-state index contributed by atoms with van der Waals surface area (Å²) in [5, 5.41) is 19.9. The number of nitrogens with zero attached hydrogens (tertiary/aromatic N) is 7. The number of benzene rings is 1. The summed E-state index contributed by atoms with van der Waals surface area (Å²) < 4.78 is 5.80. The van der Waals surface area contributed by atoms with Crippen LogP contribution in [0.15, 0.2) is 34.0 Å². The van der Waals surface area contributed by atoms with Crippen LogP contribution in [0.2, 0.25) is 5.02 Å². The molecule has 0 radical (unpaired) electrons. The number of nitrogens with one attached hydrogen (secondary N) is 1. The molecule has 0 aliphatic carbocycles. The van der Waals surface area contributed by atoms with Crippen molar-refractivity contribution in [3.63, 3.8) is 0 Å². The van der Waals surface area contributed by atoms with Gasteiger partial charge in [-0.05, 0) is 29.5 Å². The first kappa shape index (κ1) is 23.3. The second-order valence-electron chi connectivity index (χ2n) is 5.95. The van der Waals surface area contributed by atoms with Crippen molar-refractivity contribution < 1.29 is 9.42 Å². The van der Waals surface area contributed by atoms with E-state index < -0.39 is 5.91 Å². The van der Waals surface area contributed by atoms with Crippen molar-refractivity contribution in [1.29, 1.82) is 0 Å². The molecule has 2 aromatic heterocycles. The number of carbonyl (C=O) groups is 1. The van der Waals surface area contributed by atoms with Crippen molar-refractivity contribution in [2.45, 2.75) is 20.4 Å². The highest BCUT2D eigenvalue weighted by molar-refractivity contribution is 6.33. The third-order valence-electron chi connectivity index (χ3n) is 4.19. The van der Waals surface area contributed by atoms with Gasteiger partial charge in [0.2, 0.25) is 11.6 Å². The molecule has 1 aromatic carbocycles. The van der Waals surface area contributed by atoms with Gasteiger partial charge in [-0.1, -0.05) is 48.9 Å². The maximum absolute atomic E-state index is 12.9. The van der Waals surface area contributed by atoms with Gasteiger partial charge < -0.3 is 5.73 Å². The first-order valence-corrected chi connectivity index (χ1v) is 9.26. The van der Waals surface area contributed by atoms with E-state index in [1.54, 1.807) is 18.2 Å². The van der Waals surface area contributed by atoms with Crippen molar-refractivity contribution in [1.82, 2.24) is 35.6 Å². The number of rotatable bonds is 8. The molecule has 11 nitrogen and oxygen atoms in total. The number of anilines is 1. The first-order chi connectivity index (χ1) is 14.0. The van der Waals surface area contributed by atoms with Crippen molar-refractivity contribution in [3.8, 4) is 5.82 Å². The molecule has 0 spiro atoms. The van der Waals surface area contributed by atoms with Crippen LogP contribution < -0.4 is 11.2 Å². The van der Waals surface area contributed by atoms with E-state index in [-0.39, 0.29) is 29.7 Å². The third-order valence-corrected chi connectivity index (χ3v) is 4.54. The molecule has 0 unspecified atom stereocenters. The Morgan fingerprint density at radius 1 is 1.33 bits per heavy atom. The zero-order valence-electron chi connectivity index (χ0n) is 16.3. The van der Waals surface area contributed by atoms with E-state index >= 15 is 0 Å². The minimum atomic E-state index is -0.539. The summed E-state index contributed by atoms with van der Waals surface area (Å²) in [5.74, 6) is -0.482. The molecule has 3 N–H and O–H groups in total. The van der Waals surface area contributed by atoms with Crippen LogP contribution in [0.3, 0.4) is 0 Å². The zero-order valence-corrected chi connectivity index (χ0v) is 17.9. The Balaban J connectivity index is 0.00000320. The predicted molar refractivity (Wildman–Crippen MR) is 114 cm³/mol. The summed E-state index contributed by atoms with van der Waals surface area (Å²) in [6.07, 6.45) is 1.45. The highest BCUT2D eigenvalue weighted by Gasteiger charge is 2.25. The summed E-state index contributed by atoms with van der Waals surface area (Å²) in [4.78, 5) is 15.0. The molecule has 13 heteroatoms. The number of hydrogen-bond acceptors (Lipinski definition) is 9. The lowest BCUT2D eigenvalue weighted by atomic mass is 10.2. The highest BCUT2D eigenvalue weighted by atomic mass is 35.5. The average molecular weight is 454 g/mol. The van der Waals surface area contributed by atoms with Gasteiger partial charge in [-0.25, -0.2) is 10.1 Å². The summed E-state index contributed by atoms with van der Waals surface area (Å²) in [6, 6.07) is 7.12. The Hall–Kier alpha value is -3.02. The second-order valence-corrected chi connectivity index (χ2v) is 6.36. The third kappa shape index (κ3) is 5.12. The average Bonchev–Trinajstić information content (AvgIpc) is 3.33. The summed E-state index contributed by atoms with van der Waals surface area (Å²) in [7, 11) is 0. The van der Waals surface area contributed by atoms with E-state index in [9.17, 15) is 4.79 Å². The monoisotopic (exact) mass is 453 g/mol. The Bertz CT molecular complexity index is 1010. The molecular weight excluding hydrogens is 433 g/mol. The maximum atomic E-state index is 12.9. The van der Waals surface area contributed by atoms with Gasteiger partial charge in [0, 0.05) is 17.1 Å². The molecule has 2 heterocycles. The molecule has 0 fully saturated rings. The molecule has 0 atom stereocenters. The van der Waals surface area contributed by atoms with Gasteiger partial charge in [-0.15, -0.1) is 17.5 Å². The molecule has 3 aromatic rings. The molecule has 0 aliphatic heterocycles. The van der Waals surface area contributed by atoms with Crippen molar-refractivity contribution in [2.24, 2.45) is 5.10 Å². The lowest BCUT2D eigenvalue weighted by Gasteiger charge is -2.16. The fourth-order valence-electron chi connectivity index (χ4n) is 2.59. The van der Waals surface area contributed by atoms with Gasteiger partial charge in [-0.3, -0.25) is 9.69 Å². The van der Waals surface area contributed by atoms with E-state index in [4.69, 9.17) is 17.3 Å². The van der Waals surface area contributed by atoms with Crippen LogP contribution in [0.4, 0.5) is 5.82 Å². The number of halogens is 2. The van der Waals surface area contributed by atoms with Gasteiger partial charge >= 0.3 is 0 Å². The number of carbonyl (C=O) groups excluding carboxylic acids is 1. The number of nitrogens with two attached hydrogens (primary N) is 1. The lowest BCUT2D eigenvalue weighted by Crippen LogP contribution is -2.27. The summed E-state index contributed by atoms with van der Waals surface area (Å²) in [6.45, 7) is 6.00. The van der Waals surface area contributed by atoms with E-state index in [0.717, 1.165) is 13.1 Å². The Morgan fingerprint density at radius 2 is 2.07 bits per heavy atom.